The summed E-state index contributed by atoms with van der Waals surface area (Å²) in [5.41, 5.74) is 5.71. The average molecular weight is 671 g/mol. The summed E-state index contributed by atoms with van der Waals surface area (Å²) in [7, 11) is 0. The molecule has 2 rings (SSSR count). The molecule has 0 spiro atoms. The van der Waals surface area contributed by atoms with E-state index in [2.05, 4.69) is 21.3 Å². The number of hydrogen-bond acceptors (Lipinski definition) is 8. The molecule has 1 aliphatic heterocycles. The Bertz CT molecular complexity index is 1320. The number of anilines is 1. The molecule has 0 unspecified atom stereocenters. The minimum Gasteiger partial charge on any atom is -0.460 e. The molecule has 48 heavy (non-hydrogen) atoms. The van der Waals surface area contributed by atoms with Crippen molar-refractivity contribution in [2.75, 3.05) is 18.4 Å². The molecule has 0 bridgehead atoms. The molecular formula is C34H50N6O8. The molecule has 14 nitrogen and oxygen atoms in total. The highest BCUT2D eigenvalue weighted by atomic mass is 16.5. The Kier molecular flexibility index (Phi) is 15.7. The van der Waals surface area contributed by atoms with Gasteiger partial charge in [-0.15, -0.1) is 0 Å². The number of amides is 7. The standard InChI is InChI=1S/C34H50N6O8/c1-22(2)29(39-26(41)12-7-6-10-20-40-27(42)17-18-28(40)43)31(45)38-25(11-8-9-19-36-33(35)47)30(44)37-24-15-13-23(14-16-24)21-48-32(46)34(3,4)5/h13-18,22,25,29H,6-12,19-21H2,1-5H3,(H,37,44)(H,38,45)(H,39,41)(H3,35,36,47)/t25-,29-/m1/s1. The van der Waals surface area contributed by atoms with Gasteiger partial charge in [-0.25, -0.2) is 4.79 Å². The molecule has 14 heteroatoms. The summed E-state index contributed by atoms with van der Waals surface area (Å²) < 4.78 is 5.34. The summed E-state index contributed by atoms with van der Waals surface area (Å²) in [6.45, 7) is 9.55. The van der Waals surface area contributed by atoms with Gasteiger partial charge < -0.3 is 31.7 Å². The van der Waals surface area contributed by atoms with Crippen molar-refractivity contribution in [3.05, 3.63) is 42.0 Å². The minimum atomic E-state index is -0.942. The SMILES string of the molecule is CC(C)[C@@H](NC(=O)CCCCCN1C(=O)C=CC1=O)C(=O)N[C@H](CCCCNC(N)=O)C(=O)Nc1ccc(COC(=O)C(C)(C)C)cc1. The molecule has 0 aliphatic carbocycles. The van der Waals surface area contributed by atoms with E-state index in [9.17, 15) is 33.6 Å². The van der Waals surface area contributed by atoms with E-state index in [1.54, 1.807) is 58.9 Å². The van der Waals surface area contributed by atoms with Gasteiger partial charge in [-0.1, -0.05) is 32.4 Å². The van der Waals surface area contributed by atoms with Gasteiger partial charge in [0.15, 0.2) is 0 Å². The number of unbranched alkanes of at least 4 members (excludes halogenated alkanes) is 3. The molecule has 0 radical (unpaired) electrons. The third-order valence-electron chi connectivity index (χ3n) is 7.51. The lowest BCUT2D eigenvalue weighted by Crippen LogP contribution is -2.54. The van der Waals surface area contributed by atoms with E-state index in [1.807, 2.05) is 0 Å². The Morgan fingerprint density at radius 3 is 2.08 bits per heavy atom. The lowest BCUT2D eigenvalue weighted by molar-refractivity contribution is -0.154. The molecule has 6 N–H and O–H groups in total. The number of primary amides is 1. The van der Waals surface area contributed by atoms with Crippen LogP contribution in [0.2, 0.25) is 0 Å². The van der Waals surface area contributed by atoms with Crippen molar-refractivity contribution in [3.63, 3.8) is 0 Å². The van der Waals surface area contributed by atoms with Crippen LogP contribution in [0.3, 0.4) is 0 Å². The number of carbonyl (C=O) groups excluding carboxylic acids is 7. The maximum atomic E-state index is 13.4. The first-order chi connectivity index (χ1) is 22.6. The normalized spacial score (nSPS) is 14.0. The summed E-state index contributed by atoms with van der Waals surface area (Å²) in [4.78, 5) is 87.0. The molecule has 0 saturated heterocycles. The van der Waals surface area contributed by atoms with Crippen molar-refractivity contribution in [1.82, 2.24) is 20.9 Å². The van der Waals surface area contributed by atoms with Gasteiger partial charge in [0.25, 0.3) is 11.8 Å². The molecule has 0 fully saturated rings. The highest BCUT2D eigenvalue weighted by molar-refractivity contribution is 6.12. The monoisotopic (exact) mass is 670 g/mol. The van der Waals surface area contributed by atoms with Crippen molar-refractivity contribution in [3.8, 4) is 0 Å². The second kappa shape index (κ2) is 19.2. The van der Waals surface area contributed by atoms with Crippen LogP contribution >= 0.6 is 0 Å². The second-order valence-electron chi connectivity index (χ2n) is 13.1. The van der Waals surface area contributed by atoms with Crippen molar-refractivity contribution in [2.24, 2.45) is 17.1 Å². The third-order valence-corrected chi connectivity index (χ3v) is 7.51. The van der Waals surface area contributed by atoms with E-state index in [0.717, 1.165) is 10.5 Å². The quantitative estimate of drug-likeness (QED) is 0.0838. The third kappa shape index (κ3) is 13.9. The number of imide groups is 1. The van der Waals surface area contributed by atoms with E-state index < -0.39 is 35.3 Å². The molecule has 1 aromatic carbocycles. The number of benzene rings is 1. The van der Waals surface area contributed by atoms with E-state index in [0.29, 0.717) is 44.3 Å². The van der Waals surface area contributed by atoms with Gasteiger partial charge in [-0.2, -0.15) is 0 Å². The average Bonchev–Trinajstić information content (AvgIpc) is 3.33. The second-order valence-corrected chi connectivity index (χ2v) is 13.1. The molecule has 1 aromatic rings. The number of carbonyl (C=O) groups is 7. The fraction of sp³-hybridized carbons (Fsp3) is 0.559. The number of urea groups is 1. The highest BCUT2D eigenvalue weighted by Gasteiger charge is 2.29. The van der Waals surface area contributed by atoms with Gasteiger partial charge in [0.2, 0.25) is 17.7 Å². The smallest absolute Gasteiger partial charge is 0.312 e. The first-order valence-electron chi connectivity index (χ1n) is 16.3. The molecule has 1 heterocycles. The van der Waals surface area contributed by atoms with Crippen molar-refractivity contribution < 1.29 is 38.3 Å². The number of nitrogens with zero attached hydrogens (tertiary/aromatic N) is 1. The molecule has 0 aromatic heterocycles. The van der Waals surface area contributed by atoms with Crippen molar-refractivity contribution in [1.29, 1.82) is 0 Å². The zero-order valence-corrected chi connectivity index (χ0v) is 28.6. The van der Waals surface area contributed by atoms with Crippen LogP contribution in [-0.2, 0) is 40.1 Å². The predicted octanol–water partition coefficient (Wildman–Crippen LogP) is 2.66. The minimum absolute atomic E-state index is 0.0863. The van der Waals surface area contributed by atoms with Gasteiger partial charge in [-0.3, -0.25) is 33.7 Å². The van der Waals surface area contributed by atoms with Gasteiger partial charge >= 0.3 is 12.0 Å². The molecule has 2 atom stereocenters. The van der Waals surface area contributed by atoms with Crippen LogP contribution in [-0.4, -0.2) is 71.6 Å². The van der Waals surface area contributed by atoms with E-state index in [4.69, 9.17) is 10.5 Å². The largest absolute Gasteiger partial charge is 0.460 e. The molecule has 264 valence electrons. The summed E-state index contributed by atoms with van der Waals surface area (Å²) in [6.07, 6.45) is 5.55. The highest BCUT2D eigenvalue weighted by Crippen LogP contribution is 2.18. The van der Waals surface area contributed by atoms with E-state index in [-0.39, 0.29) is 55.6 Å². The number of ether oxygens (including phenoxy) is 1. The van der Waals surface area contributed by atoms with Crippen LogP contribution in [0.4, 0.5) is 10.5 Å². The predicted molar refractivity (Wildman–Crippen MR) is 179 cm³/mol. The van der Waals surface area contributed by atoms with E-state index >= 15 is 0 Å². The van der Waals surface area contributed by atoms with Crippen LogP contribution in [0.1, 0.15) is 85.1 Å². The summed E-state index contributed by atoms with van der Waals surface area (Å²) in [6, 6.07) is 4.29. The van der Waals surface area contributed by atoms with Gasteiger partial charge in [0, 0.05) is 37.3 Å². The fourth-order valence-corrected chi connectivity index (χ4v) is 4.66. The fourth-order valence-electron chi connectivity index (χ4n) is 4.66. The molecule has 1 aliphatic rings. The number of nitrogens with one attached hydrogen (secondary N) is 4. The van der Waals surface area contributed by atoms with Crippen LogP contribution in [0, 0.1) is 11.3 Å². The summed E-state index contributed by atoms with van der Waals surface area (Å²) >= 11 is 0. The zero-order valence-electron chi connectivity index (χ0n) is 28.6. The zero-order chi connectivity index (χ0) is 35.9. The van der Waals surface area contributed by atoms with E-state index in [1.165, 1.54) is 12.2 Å². The van der Waals surface area contributed by atoms with Crippen LogP contribution in [0.15, 0.2) is 36.4 Å². The Balaban J connectivity index is 1.96. The Hall–Kier alpha value is -4.75. The van der Waals surface area contributed by atoms with Gasteiger partial charge in [0.05, 0.1) is 5.41 Å². The first kappa shape index (κ1) is 39.4. The Morgan fingerprint density at radius 1 is 0.854 bits per heavy atom. The molecule has 0 saturated carbocycles. The summed E-state index contributed by atoms with van der Waals surface area (Å²) in [5.74, 6) is -2.59. The summed E-state index contributed by atoms with van der Waals surface area (Å²) in [5, 5.41) is 10.9. The maximum Gasteiger partial charge on any atom is 0.312 e. The first-order valence-corrected chi connectivity index (χ1v) is 16.3. The molecular weight excluding hydrogens is 620 g/mol. The van der Waals surface area contributed by atoms with Crippen LogP contribution in [0.25, 0.3) is 0 Å². The lowest BCUT2D eigenvalue weighted by atomic mass is 9.97. The number of hydrogen-bond donors (Lipinski definition) is 5. The number of rotatable bonds is 19. The van der Waals surface area contributed by atoms with Crippen molar-refractivity contribution >= 4 is 47.2 Å². The Morgan fingerprint density at radius 2 is 1.50 bits per heavy atom. The number of esters is 1. The van der Waals surface area contributed by atoms with Crippen molar-refractivity contribution in [2.45, 2.75) is 98.3 Å². The van der Waals surface area contributed by atoms with Gasteiger partial charge in [-0.05, 0) is 76.5 Å². The maximum absolute atomic E-state index is 13.4. The molecule has 7 amide bonds. The van der Waals surface area contributed by atoms with Crippen LogP contribution in [0.5, 0.6) is 0 Å². The van der Waals surface area contributed by atoms with Gasteiger partial charge in [0.1, 0.15) is 18.7 Å². The van der Waals surface area contributed by atoms with Crippen LogP contribution < -0.4 is 27.0 Å². The Labute approximate surface area is 281 Å². The number of nitrogens with two attached hydrogens (primary N) is 1. The lowest BCUT2D eigenvalue weighted by Gasteiger charge is -2.25. The topological polar surface area (TPSA) is 206 Å².